The van der Waals surface area contributed by atoms with Crippen LogP contribution in [-0.2, 0) is 16.1 Å². The molecule has 2 fully saturated rings. The normalized spacial score (nSPS) is 17.4. The quantitative estimate of drug-likeness (QED) is 0.0470. The fourth-order valence-corrected chi connectivity index (χ4v) is 9.96. The molecule has 0 spiro atoms. The minimum Gasteiger partial charge on any atom is -0.457 e. The summed E-state index contributed by atoms with van der Waals surface area (Å²) in [6.07, 6.45) is 17.0. The highest BCUT2D eigenvalue weighted by Crippen LogP contribution is 2.37. The number of piperidine rings is 2. The summed E-state index contributed by atoms with van der Waals surface area (Å²) >= 11 is 1.81. The molecular weight excluding hydrogens is 773 g/mol. The van der Waals surface area contributed by atoms with Crippen LogP contribution in [0, 0.1) is 0 Å². The van der Waals surface area contributed by atoms with Gasteiger partial charge in [0.05, 0.1) is 11.4 Å². The second kappa shape index (κ2) is 19.9. The van der Waals surface area contributed by atoms with E-state index in [2.05, 4.69) is 30.9 Å². The number of anilines is 1. The predicted octanol–water partition coefficient (Wildman–Crippen LogP) is 8.96. The number of hydrogen-bond donors (Lipinski definition) is 2. The number of benzene rings is 3. The zero-order valence-electron chi connectivity index (χ0n) is 34.4. The fraction of sp³-hybridized carbons (Fsp3) is 0.447. The second-order valence-electron chi connectivity index (χ2n) is 16.3. The zero-order valence-corrected chi connectivity index (χ0v) is 35.2. The van der Waals surface area contributed by atoms with Gasteiger partial charge in [-0.1, -0.05) is 75.6 Å². The van der Waals surface area contributed by atoms with E-state index in [1.54, 1.807) is 11.2 Å². The highest BCUT2D eigenvalue weighted by atomic mass is 32.2. The van der Waals surface area contributed by atoms with E-state index in [1.807, 2.05) is 78.5 Å². The number of thioether (sulfide) groups is 1. The van der Waals surface area contributed by atoms with Crippen molar-refractivity contribution in [1.29, 1.82) is 0 Å². The van der Waals surface area contributed by atoms with Gasteiger partial charge in [0.15, 0.2) is 5.65 Å². The third-order valence-corrected chi connectivity index (χ3v) is 13.4. The van der Waals surface area contributed by atoms with Gasteiger partial charge in [0.2, 0.25) is 11.8 Å². The van der Waals surface area contributed by atoms with Gasteiger partial charge < -0.3 is 20.3 Å². The largest absolute Gasteiger partial charge is 0.457 e. The lowest BCUT2D eigenvalue weighted by atomic mass is 10.0. The number of imide groups is 1. The Morgan fingerprint density at radius 3 is 2.20 bits per heavy atom. The molecule has 0 radical (unpaired) electrons. The maximum Gasteiger partial charge on any atom is 0.255 e. The summed E-state index contributed by atoms with van der Waals surface area (Å²) in [7, 11) is 0. The fourth-order valence-electron chi connectivity index (χ4n) is 8.87. The van der Waals surface area contributed by atoms with Crippen LogP contribution < -0.4 is 15.8 Å². The number of unbranched alkanes of at least 4 members (excludes halogenated alkanes) is 9. The van der Waals surface area contributed by atoms with Crippen molar-refractivity contribution in [1.82, 2.24) is 34.9 Å². The average molecular weight is 829 g/mol. The molecule has 60 heavy (non-hydrogen) atoms. The maximum absolute atomic E-state index is 13.1. The van der Waals surface area contributed by atoms with Gasteiger partial charge in [-0.25, -0.2) is 14.6 Å². The van der Waals surface area contributed by atoms with Gasteiger partial charge >= 0.3 is 0 Å². The van der Waals surface area contributed by atoms with Crippen LogP contribution in [0.5, 0.6) is 11.5 Å². The van der Waals surface area contributed by atoms with Gasteiger partial charge in [-0.05, 0) is 98.5 Å². The van der Waals surface area contributed by atoms with Gasteiger partial charge in [0, 0.05) is 42.1 Å². The van der Waals surface area contributed by atoms with Crippen molar-refractivity contribution >= 4 is 46.3 Å². The first-order valence-electron chi connectivity index (χ1n) is 21.9. The SMILES string of the molecule is Nc1ncnc2c1c(-c1ccc(Oc3ccccc3)cc1)nn2C1CCN(CCCCCCCCCCCCSc2cccc3c2CN(C2CCC(=O)NC2=O)C3=O)CC1. The predicted molar refractivity (Wildman–Crippen MR) is 236 cm³/mol. The van der Waals surface area contributed by atoms with E-state index >= 15 is 0 Å². The molecule has 8 rings (SSSR count). The molecule has 1 unspecified atom stereocenters. The lowest BCUT2D eigenvalue weighted by Crippen LogP contribution is -2.52. The minimum absolute atomic E-state index is 0.106. The Balaban J connectivity index is 0.686. The van der Waals surface area contributed by atoms with Crippen LogP contribution in [0.2, 0.25) is 0 Å². The number of amides is 3. The third kappa shape index (κ3) is 9.84. The van der Waals surface area contributed by atoms with E-state index in [9.17, 15) is 14.4 Å². The molecule has 1 atom stereocenters. The number of para-hydroxylation sites is 1. The van der Waals surface area contributed by atoms with Crippen LogP contribution in [0.1, 0.15) is 112 Å². The summed E-state index contributed by atoms with van der Waals surface area (Å²) in [5.74, 6) is 2.30. The number of ether oxygens (including phenoxy) is 1. The maximum atomic E-state index is 13.1. The molecule has 3 aliphatic heterocycles. The summed E-state index contributed by atoms with van der Waals surface area (Å²) in [4.78, 5) is 51.5. The number of nitrogens with one attached hydrogen (secondary N) is 1. The molecule has 2 aromatic heterocycles. The number of nitrogen functional groups attached to an aromatic ring is 1. The van der Waals surface area contributed by atoms with Gasteiger partial charge in [0.1, 0.15) is 35.4 Å². The van der Waals surface area contributed by atoms with Crippen LogP contribution in [-0.4, -0.2) is 78.7 Å². The van der Waals surface area contributed by atoms with Crippen molar-refractivity contribution in [3.8, 4) is 22.8 Å². The van der Waals surface area contributed by atoms with Crippen LogP contribution in [0.3, 0.4) is 0 Å². The zero-order chi connectivity index (χ0) is 41.3. The van der Waals surface area contributed by atoms with Crippen molar-refractivity contribution in [3.63, 3.8) is 0 Å². The highest BCUT2D eigenvalue weighted by Gasteiger charge is 2.39. The first kappa shape index (κ1) is 41.5. The van der Waals surface area contributed by atoms with Gasteiger partial charge in [0.25, 0.3) is 5.91 Å². The van der Waals surface area contributed by atoms with E-state index in [-0.39, 0.29) is 30.2 Å². The number of carbonyl (C=O) groups excluding carboxylic acids is 3. The molecule has 3 N–H and O–H groups in total. The van der Waals surface area contributed by atoms with E-state index < -0.39 is 6.04 Å². The summed E-state index contributed by atoms with van der Waals surface area (Å²) in [5, 5.41) is 8.30. The van der Waals surface area contributed by atoms with Crippen LogP contribution >= 0.6 is 11.8 Å². The molecule has 5 heterocycles. The van der Waals surface area contributed by atoms with Crippen molar-refractivity contribution in [2.45, 2.75) is 113 Å². The molecular formula is C47H56N8O4S. The first-order valence-corrected chi connectivity index (χ1v) is 22.9. The average Bonchev–Trinajstić information content (AvgIpc) is 3.82. The summed E-state index contributed by atoms with van der Waals surface area (Å²) in [5.41, 5.74) is 10.7. The number of fused-ring (bicyclic) bond motifs is 2. The molecule has 0 saturated carbocycles. The molecule has 0 aliphatic carbocycles. The van der Waals surface area contributed by atoms with Crippen LogP contribution in [0.25, 0.3) is 22.3 Å². The number of likely N-dealkylation sites (tertiary alicyclic amines) is 1. The molecule has 12 nitrogen and oxygen atoms in total. The Hall–Kier alpha value is -5.27. The van der Waals surface area contributed by atoms with Crippen molar-refractivity contribution in [2.75, 3.05) is 31.1 Å². The molecule has 3 amide bonds. The number of rotatable bonds is 19. The Labute approximate surface area is 356 Å². The van der Waals surface area contributed by atoms with Gasteiger partial charge in [-0.3, -0.25) is 19.7 Å². The van der Waals surface area contributed by atoms with E-state index in [0.29, 0.717) is 24.3 Å². The van der Waals surface area contributed by atoms with Crippen molar-refractivity contribution < 1.29 is 19.1 Å². The van der Waals surface area contributed by atoms with Crippen LogP contribution in [0.15, 0.2) is 84.0 Å². The van der Waals surface area contributed by atoms with E-state index in [1.165, 1.54) is 57.8 Å². The Kier molecular flexibility index (Phi) is 13.7. The van der Waals surface area contributed by atoms with E-state index in [0.717, 1.165) is 88.9 Å². The molecule has 13 heteroatoms. The standard InChI is InChI=1S/C47H56N8O4S/c48-44-42-43(33-19-21-36(22-20-33)59-35-15-10-9-11-16-35)52-55(45(42)50-32-49-44)34-25-28-53(29-26-34)27-12-7-5-3-1-2-4-6-8-13-30-60-40-18-14-17-37-38(40)31-54(47(37)58)39-23-24-41(56)51-46(39)57/h9-11,14-22,32,34,39H,1-8,12-13,23-31H2,(H2,48,49,50)(H,51,56,57). The first-order chi connectivity index (χ1) is 29.4. The molecule has 0 bridgehead atoms. The molecule has 314 valence electrons. The number of nitrogens with two attached hydrogens (primary N) is 1. The van der Waals surface area contributed by atoms with Crippen LogP contribution in [0.4, 0.5) is 5.82 Å². The highest BCUT2D eigenvalue weighted by molar-refractivity contribution is 7.99. The Bertz CT molecular complexity index is 2260. The number of carbonyl (C=O) groups is 3. The van der Waals surface area contributed by atoms with Crippen molar-refractivity contribution in [3.05, 3.63) is 90.3 Å². The molecule has 3 aliphatic rings. The van der Waals surface area contributed by atoms with Gasteiger partial charge in [-0.2, -0.15) is 5.10 Å². The van der Waals surface area contributed by atoms with Crippen molar-refractivity contribution in [2.24, 2.45) is 0 Å². The Morgan fingerprint density at radius 2 is 1.47 bits per heavy atom. The molecule has 3 aromatic carbocycles. The number of nitrogens with zero attached hydrogens (tertiary/aromatic N) is 6. The molecule has 5 aromatic rings. The molecule has 2 saturated heterocycles. The topological polar surface area (TPSA) is 149 Å². The summed E-state index contributed by atoms with van der Waals surface area (Å²) in [6, 6.07) is 23.3. The van der Waals surface area contributed by atoms with E-state index in [4.69, 9.17) is 15.6 Å². The Morgan fingerprint density at radius 1 is 0.767 bits per heavy atom. The lowest BCUT2D eigenvalue weighted by Gasteiger charge is -2.32. The van der Waals surface area contributed by atoms with Gasteiger partial charge in [-0.15, -0.1) is 11.8 Å². The second-order valence-corrected chi connectivity index (χ2v) is 17.5. The smallest absolute Gasteiger partial charge is 0.255 e. The lowest BCUT2D eigenvalue weighted by molar-refractivity contribution is -0.136. The third-order valence-electron chi connectivity index (χ3n) is 12.2. The number of hydrogen-bond acceptors (Lipinski definition) is 10. The number of aromatic nitrogens is 4. The summed E-state index contributed by atoms with van der Waals surface area (Å²) in [6.45, 7) is 3.71. The summed E-state index contributed by atoms with van der Waals surface area (Å²) < 4.78 is 8.10. The minimum atomic E-state index is -0.572. The monoisotopic (exact) mass is 828 g/mol.